The minimum absolute atomic E-state index is 0.119. The molecule has 1 aromatic carbocycles. The molecule has 0 heterocycles. The number of hydrogen-bond acceptors (Lipinski definition) is 4. The van der Waals surface area contributed by atoms with Crippen molar-refractivity contribution in [2.45, 2.75) is 39.5 Å². The van der Waals surface area contributed by atoms with Gasteiger partial charge in [0.25, 0.3) is 5.69 Å². The van der Waals surface area contributed by atoms with Crippen molar-refractivity contribution in [3.05, 3.63) is 28.3 Å². The van der Waals surface area contributed by atoms with Crippen molar-refractivity contribution in [2.24, 2.45) is 5.92 Å². The third-order valence-electron chi connectivity index (χ3n) is 3.43. The van der Waals surface area contributed by atoms with Crippen molar-refractivity contribution >= 4 is 17.3 Å². The third kappa shape index (κ3) is 4.73. The molecular formula is C15H22N2O4. The molecule has 0 aliphatic carbocycles. The molecule has 1 aromatic rings. The van der Waals surface area contributed by atoms with Crippen LogP contribution in [0.3, 0.4) is 0 Å². The monoisotopic (exact) mass is 294 g/mol. The largest absolute Gasteiger partial charge is 0.496 e. The summed E-state index contributed by atoms with van der Waals surface area (Å²) in [5, 5.41) is 13.7. The number of unbranched alkanes of at least 4 members (excludes halogenated alkanes) is 1. The number of amides is 1. The van der Waals surface area contributed by atoms with Gasteiger partial charge in [0.1, 0.15) is 11.4 Å². The van der Waals surface area contributed by atoms with Crippen molar-refractivity contribution in [3.63, 3.8) is 0 Å². The molecule has 1 atom stereocenters. The van der Waals surface area contributed by atoms with Crippen molar-refractivity contribution < 1.29 is 14.5 Å². The first-order valence-corrected chi connectivity index (χ1v) is 7.16. The quantitative estimate of drug-likeness (QED) is 0.584. The molecule has 0 aliphatic heterocycles. The van der Waals surface area contributed by atoms with Crippen LogP contribution in [0.1, 0.15) is 39.5 Å². The highest BCUT2D eigenvalue weighted by atomic mass is 16.6. The van der Waals surface area contributed by atoms with E-state index in [-0.39, 0.29) is 23.2 Å². The standard InChI is InChI=1S/C15H22N2O4/c1-4-6-7-11(5-2)15(18)16-13-9-8-12(21-3)10-14(13)17(19)20/h8-11H,4-7H2,1-3H3,(H,16,18)/t11-/m0/s1. The first-order valence-electron chi connectivity index (χ1n) is 7.16. The van der Waals surface area contributed by atoms with Crippen LogP contribution in [0.5, 0.6) is 5.75 Å². The van der Waals surface area contributed by atoms with E-state index >= 15 is 0 Å². The summed E-state index contributed by atoms with van der Waals surface area (Å²) >= 11 is 0. The molecule has 0 saturated carbocycles. The summed E-state index contributed by atoms with van der Waals surface area (Å²) < 4.78 is 4.97. The lowest BCUT2D eigenvalue weighted by Gasteiger charge is -2.14. The van der Waals surface area contributed by atoms with Gasteiger partial charge in [-0.3, -0.25) is 14.9 Å². The summed E-state index contributed by atoms with van der Waals surface area (Å²) in [6, 6.07) is 4.40. The smallest absolute Gasteiger partial charge is 0.296 e. The Morgan fingerprint density at radius 1 is 1.43 bits per heavy atom. The van der Waals surface area contributed by atoms with Crippen LogP contribution in [0.4, 0.5) is 11.4 Å². The van der Waals surface area contributed by atoms with Crippen molar-refractivity contribution in [3.8, 4) is 5.75 Å². The molecule has 21 heavy (non-hydrogen) atoms. The molecule has 6 nitrogen and oxygen atoms in total. The zero-order valence-electron chi connectivity index (χ0n) is 12.7. The molecule has 0 radical (unpaired) electrons. The van der Waals surface area contributed by atoms with Gasteiger partial charge in [-0.1, -0.05) is 26.7 Å². The first-order chi connectivity index (χ1) is 10.0. The fourth-order valence-electron chi connectivity index (χ4n) is 2.10. The van der Waals surface area contributed by atoms with Gasteiger partial charge in [-0.05, 0) is 25.0 Å². The summed E-state index contributed by atoms with van der Waals surface area (Å²) in [5.41, 5.74) is 0.0498. The molecule has 0 spiro atoms. The average Bonchev–Trinajstić information content (AvgIpc) is 2.48. The van der Waals surface area contributed by atoms with E-state index in [1.54, 1.807) is 6.07 Å². The molecule has 116 valence electrons. The summed E-state index contributed by atoms with van der Waals surface area (Å²) in [6.45, 7) is 4.02. The summed E-state index contributed by atoms with van der Waals surface area (Å²) in [4.78, 5) is 22.8. The minimum Gasteiger partial charge on any atom is -0.496 e. The highest BCUT2D eigenvalue weighted by Crippen LogP contribution is 2.29. The van der Waals surface area contributed by atoms with E-state index in [9.17, 15) is 14.9 Å². The Labute approximate surface area is 124 Å². The Kier molecular flexibility index (Phi) is 6.65. The maximum Gasteiger partial charge on any atom is 0.296 e. The van der Waals surface area contributed by atoms with Crippen LogP contribution in [0.15, 0.2) is 18.2 Å². The number of carbonyl (C=O) groups excluding carboxylic acids is 1. The molecule has 1 N–H and O–H groups in total. The molecule has 1 amide bonds. The summed E-state index contributed by atoms with van der Waals surface area (Å²) in [7, 11) is 1.44. The zero-order chi connectivity index (χ0) is 15.8. The number of nitro groups is 1. The van der Waals surface area contributed by atoms with Gasteiger partial charge < -0.3 is 10.1 Å². The Morgan fingerprint density at radius 2 is 2.14 bits per heavy atom. The van der Waals surface area contributed by atoms with Crippen LogP contribution in [0.2, 0.25) is 0 Å². The Hall–Kier alpha value is -2.11. The predicted octanol–water partition coefficient (Wildman–Crippen LogP) is 3.76. The molecule has 0 bridgehead atoms. The van der Waals surface area contributed by atoms with E-state index in [2.05, 4.69) is 12.2 Å². The first kappa shape index (κ1) is 16.9. The normalized spacial score (nSPS) is 11.8. The number of carbonyl (C=O) groups is 1. The van der Waals surface area contributed by atoms with Crippen LogP contribution in [-0.2, 0) is 4.79 Å². The highest BCUT2D eigenvalue weighted by molar-refractivity contribution is 5.94. The molecular weight excluding hydrogens is 272 g/mol. The maximum absolute atomic E-state index is 12.2. The van der Waals surface area contributed by atoms with Crippen LogP contribution in [0, 0.1) is 16.0 Å². The molecule has 0 aliphatic rings. The van der Waals surface area contributed by atoms with Gasteiger partial charge in [0, 0.05) is 5.92 Å². The molecule has 0 unspecified atom stereocenters. The van der Waals surface area contributed by atoms with E-state index in [1.807, 2.05) is 6.92 Å². The van der Waals surface area contributed by atoms with Gasteiger partial charge in [0.05, 0.1) is 18.1 Å². The van der Waals surface area contributed by atoms with Gasteiger partial charge in [-0.25, -0.2) is 0 Å². The predicted molar refractivity (Wildman–Crippen MR) is 81.6 cm³/mol. The van der Waals surface area contributed by atoms with Crippen molar-refractivity contribution in [1.82, 2.24) is 0 Å². The fraction of sp³-hybridized carbons (Fsp3) is 0.533. The van der Waals surface area contributed by atoms with E-state index in [4.69, 9.17) is 4.74 Å². The van der Waals surface area contributed by atoms with E-state index in [1.165, 1.54) is 19.2 Å². The summed E-state index contributed by atoms with van der Waals surface area (Å²) in [6.07, 6.45) is 3.50. The van der Waals surface area contributed by atoms with Gasteiger partial charge in [-0.2, -0.15) is 0 Å². The highest BCUT2D eigenvalue weighted by Gasteiger charge is 2.21. The number of rotatable bonds is 8. The number of hydrogen-bond donors (Lipinski definition) is 1. The number of nitro benzene ring substituents is 1. The number of anilines is 1. The topological polar surface area (TPSA) is 81.5 Å². The average molecular weight is 294 g/mol. The van der Waals surface area contributed by atoms with E-state index < -0.39 is 4.92 Å². The van der Waals surface area contributed by atoms with Gasteiger partial charge in [0.2, 0.25) is 5.91 Å². The number of nitrogens with zero attached hydrogens (tertiary/aromatic N) is 1. The number of ether oxygens (including phenoxy) is 1. The van der Waals surface area contributed by atoms with Crippen LogP contribution in [0.25, 0.3) is 0 Å². The Morgan fingerprint density at radius 3 is 2.67 bits per heavy atom. The lowest BCUT2D eigenvalue weighted by molar-refractivity contribution is -0.384. The number of benzene rings is 1. The second-order valence-corrected chi connectivity index (χ2v) is 4.88. The second-order valence-electron chi connectivity index (χ2n) is 4.88. The molecule has 0 saturated heterocycles. The zero-order valence-corrected chi connectivity index (χ0v) is 12.7. The SMILES string of the molecule is CCCC[C@H](CC)C(=O)Nc1ccc(OC)cc1[N+](=O)[O-]. The van der Waals surface area contributed by atoms with Crippen molar-refractivity contribution in [2.75, 3.05) is 12.4 Å². The molecule has 0 aromatic heterocycles. The third-order valence-corrected chi connectivity index (χ3v) is 3.43. The van der Waals surface area contributed by atoms with Crippen molar-refractivity contribution in [1.29, 1.82) is 0 Å². The second kappa shape index (κ2) is 8.24. The Balaban J connectivity index is 2.90. The molecule has 0 fully saturated rings. The number of nitrogens with one attached hydrogen (secondary N) is 1. The number of methoxy groups -OCH3 is 1. The lowest BCUT2D eigenvalue weighted by Crippen LogP contribution is -2.22. The lowest BCUT2D eigenvalue weighted by atomic mass is 9.98. The maximum atomic E-state index is 12.2. The van der Waals surface area contributed by atoms with Crippen LogP contribution < -0.4 is 10.1 Å². The van der Waals surface area contributed by atoms with E-state index in [0.717, 1.165) is 25.7 Å². The van der Waals surface area contributed by atoms with Crippen LogP contribution >= 0.6 is 0 Å². The minimum atomic E-state index is -0.523. The summed E-state index contributed by atoms with van der Waals surface area (Å²) in [5.74, 6) is 0.101. The van der Waals surface area contributed by atoms with E-state index in [0.29, 0.717) is 5.75 Å². The molecule has 6 heteroatoms. The Bertz CT molecular complexity index is 502. The van der Waals surface area contributed by atoms with Gasteiger partial charge >= 0.3 is 0 Å². The van der Waals surface area contributed by atoms with Gasteiger partial charge in [0.15, 0.2) is 0 Å². The van der Waals surface area contributed by atoms with Gasteiger partial charge in [-0.15, -0.1) is 0 Å². The van der Waals surface area contributed by atoms with Crippen LogP contribution in [-0.4, -0.2) is 17.9 Å². The fourth-order valence-corrected chi connectivity index (χ4v) is 2.10. The molecule has 1 rings (SSSR count).